The van der Waals surface area contributed by atoms with E-state index >= 15 is 0 Å². The summed E-state index contributed by atoms with van der Waals surface area (Å²) in [6.07, 6.45) is -0.926. The second-order valence-corrected chi connectivity index (χ2v) is 1.75. The summed E-state index contributed by atoms with van der Waals surface area (Å²) in [4.78, 5) is 20.3. The molecule has 0 spiro atoms. The van der Waals surface area contributed by atoms with Gasteiger partial charge in [0.2, 0.25) is 0 Å². The summed E-state index contributed by atoms with van der Waals surface area (Å²) in [6.45, 7) is -0.466. The molecular weight excluding hydrogens is 152 g/mol. The van der Waals surface area contributed by atoms with Crippen molar-refractivity contribution in [3.05, 3.63) is 0 Å². The molecule has 0 heterocycles. The first-order chi connectivity index (χ1) is 5.06. The fourth-order valence-electron chi connectivity index (χ4n) is 0.471. The zero-order chi connectivity index (χ0) is 8.85. The van der Waals surface area contributed by atoms with Gasteiger partial charge in [0.05, 0.1) is 6.61 Å². The van der Waals surface area contributed by atoms with Gasteiger partial charge in [0.15, 0.2) is 0 Å². The highest BCUT2D eigenvalue weighted by atomic mass is 16.3. The van der Waals surface area contributed by atoms with Crippen LogP contribution in [0.1, 0.15) is 0 Å². The van der Waals surface area contributed by atoms with Crippen LogP contribution in [-0.2, 0) is 0 Å². The lowest BCUT2D eigenvalue weighted by Gasteiger charge is -2.14. The first-order valence-electron chi connectivity index (χ1n) is 2.79. The standard InChI is InChI=1S/C4H10N4O3/c5-3(10)7-2(1-9)8-4(6)11/h2,9H,1H2,(H3,5,7,10)(H3,6,8,11). The van der Waals surface area contributed by atoms with E-state index in [1.54, 1.807) is 0 Å². The van der Waals surface area contributed by atoms with Crippen molar-refractivity contribution in [1.82, 2.24) is 10.6 Å². The Morgan fingerprint density at radius 2 is 1.64 bits per heavy atom. The lowest BCUT2D eigenvalue weighted by atomic mass is 10.5. The van der Waals surface area contributed by atoms with Crippen molar-refractivity contribution in [3.8, 4) is 0 Å². The minimum atomic E-state index is -0.926. The molecule has 0 aromatic carbocycles. The summed E-state index contributed by atoms with van der Waals surface area (Å²) in [7, 11) is 0. The van der Waals surface area contributed by atoms with E-state index in [0.717, 1.165) is 0 Å². The number of nitrogens with one attached hydrogen (secondary N) is 2. The third kappa shape index (κ3) is 4.97. The molecule has 0 bridgehead atoms. The molecule has 0 unspecified atom stereocenters. The Morgan fingerprint density at radius 1 is 1.27 bits per heavy atom. The molecular formula is C4H10N4O3. The Bertz CT molecular complexity index is 143. The number of urea groups is 2. The van der Waals surface area contributed by atoms with Gasteiger partial charge < -0.3 is 27.2 Å². The molecule has 0 rings (SSSR count). The number of hydrogen-bond acceptors (Lipinski definition) is 3. The first kappa shape index (κ1) is 9.50. The van der Waals surface area contributed by atoms with Crippen molar-refractivity contribution in [2.75, 3.05) is 6.61 Å². The molecule has 0 aliphatic rings. The van der Waals surface area contributed by atoms with E-state index < -0.39 is 24.8 Å². The predicted molar refractivity (Wildman–Crippen MR) is 36.3 cm³/mol. The van der Waals surface area contributed by atoms with Gasteiger partial charge in [-0.15, -0.1) is 0 Å². The minimum absolute atomic E-state index is 0.466. The van der Waals surface area contributed by atoms with E-state index in [4.69, 9.17) is 16.6 Å². The van der Waals surface area contributed by atoms with Crippen LogP contribution in [0.15, 0.2) is 0 Å². The lowest BCUT2D eigenvalue weighted by molar-refractivity contribution is 0.203. The summed E-state index contributed by atoms with van der Waals surface area (Å²) >= 11 is 0. The van der Waals surface area contributed by atoms with Crippen molar-refractivity contribution >= 4 is 12.1 Å². The van der Waals surface area contributed by atoms with Gasteiger partial charge in [-0.2, -0.15) is 0 Å². The van der Waals surface area contributed by atoms with Crippen LogP contribution in [0.2, 0.25) is 0 Å². The van der Waals surface area contributed by atoms with Crippen LogP contribution in [0, 0.1) is 0 Å². The van der Waals surface area contributed by atoms with Crippen LogP contribution in [0.5, 0.6) is 0 Å². The molecule has 0 aliphatic heterocycles. The average molecular weight is 162 g/mol. The number of primary amides is 2. The topological polar surface area (TPSA) is 130 Å². The first-order valence-corrected chi connectivity index (χ1v) is 2.79. The number of rotatable bonds is 3. The maximum Gasteiger partial charge on any atom is 0.313 e. The lowest BCUT2D eigenvalue weighted by Crippen LogP contribution is -2.53. The number of amides is 4. The van der Waals surface area contributed by atoms with Crippen LogP contribution in [0.25, 0.3) is 0 Å². The summed E-state index contributed by atoms with van der Waals surface area (Å²) in [5.41, 5.74) is 9.38. The average Bonchev–Trinajstić information content (AvgIpc) is 1.84. The molecule has 0 aromatic rings. The van der Waals surface area contributed by atoms with E-state index in [9.17, 15) is 9.59 Å². The summed E-state index contributed by atoms with van der Waals surface area (Å²) in [5.74, 6) is 0. The number of aliphatic hydroxyl groups excluding tert-OH is 1. The van der Waals surface area contributed by atoms with Gasteiger partial charge in [-0.1, -0.05) is 0 Å². The van der Waals surface area contributed by atoms with Gasteiger partial charge in [-0.3, -0.25) is 0 Å². The van der Waals surface area contributed by atoms with Crippen molar-refractivity contribution < 1.29 is 14.7 Å². The zero-order valence-corrected chi connectivity index (χ0v) is 5.70. The van der Waals surface area contributed by atoms with E-state index in [1.807, 2.05) is 10.6 Å². The van der Waals surface area contributed by atoms with Gasteiger partial charge in [-0.05, 0) is 0 Å². The highest BCUT2D eigenvalue weighted by Crippen LogP contribution is 1.73. The SMILES string of the molecule is NC(=O)NC(CO)NC(N)=O. The van der Waals surface area contributed by atoms with E-state index in [0.29, 0.717) is 0 Å². The largest absolute Gasteiger partial charge is 0.392 e. The van der Waals surface area contributed by atoms with Gasteiger partial charge in [0, 0.05) is 0 Å². The molecule has 0 aromatic heterocycles. The van der Waals surface area contributed by atoms with E-state index in [1.165, 1.54) is 0 Å². The molecule has 0 fully saturated rings. The van der Waals surface area contributed by atoms with Crippen LogP contribution in [0.4, 0.5) is 9.59 Å². The molecule has 11 heavy (non-hydrogen) atoms. The van der Waals surface area contributed by atoms with Gasteiger partial charge in [0.1, 0.15) is 6.17 Å². The minimum Gasteiger partial charge on any atom is -0.392 e. The Balaban J connectivity index is 3.76. The molecule has 4 amide bonds. The molecule has 0 saturated carbocycles. The Kier molecular flexibility index (Phi) is 3.75. The molecule has 7 nitrogen and oxygen atoms in total. The van der Waals surface area contributed by atoms with Crippen LogP contribution < -0.4 is 22.1 Å². The Morgan fingerprint density at radius 3 is 1.82 bits per heavy atom. The molecule has 7 heteroatoms. The number of carbonyl (C=O) groups is 2. The number of hydrogen-bond donors (Lipinski definition) is 5. The third-order valence-electron chi connectivity index (χ3n) is 0.816. The van der Waals surface area contributed by atoms with Crippen molar-refractivity contribution in [2.45, 2.75) is 6.17 Å². The summed E-state index contributed by atoms with van der Waals surface area (Å²) < 4.78 is 0. The second-order valence-electron chi connectivity index (χ2n) is 1.75. The highest BCUT2D eigenvalue weighted by Gasteiger charge is 2.08. The fraction of sp³-hybridized carbons (Fsp3) is 0.500. The van der Waals surface area contributed by atoms with Gasteiger partial charge in [-0.25, -0.2) is 9.59 Å². The molecule has 0 radical (unpaired) electrons. The maximum atomic E-state index is 10.2. The summed E-state index contributed by atoms with van der Waals surface area (Å²) in [5, 5.41) is 12.6. The van der Waals surface area contributed by atoms with Gasteiger partial charge in [0.25, 0.3) is 0 Å². The van der Waals surface area contributed by atoms with Crippen molar-refractivity contribution in [3.63, 3.8) is 0 Å². The molecule has 0 atom stereocenters. The third-order valence-corrected chi connectivity index (χ3v) is 0.816. The van der Waals surface area contributed by atoms with Crippen LogP contribution >= 0.6 is 0 Å². The molecule has 7 N–H and O–H groups in total. The van der Waals surface area contributed by atoms with Gasteiger partial charge >= 0.3 is 12.1 Å². The van der Waals surface area contributed by atoms with Crippen molar-refractivity contribution in [2.24, 2.45) is 11.5 Å². The number of aliphatic hydroxyl groups is 1. The number of nitrogens with two attached hydrogens (primary N) is 2. The fourth-order valence-corrected chi connectivity index (χ4v) is 0.471. The number of carbonyl (C=O) groups excluding carboxylic acids is 2. The quantitative estimate of drug-likeness (QED) is 0.297. The molecule has 0 saturated heterocycles. The smallest absolute Gasteiger partial charge is 0.313 e. The van der Waals surface area contributed by atoms with E-state index in [2.05, 4.69) is 0 Å². The molecule has 64 valence electrons. The zero-order valence-electron chi connectivity index (χ0n) is 5.70. The Hall–Kier alpha value is -1.50. The highest BCUT2D eigenvalue weighted by molar-refractivity contribution is 5.75. The monoisotopic (exact) mass is 162 g/mol. The van der Waals surface area contributed by atoms with Crippen molar-refractivity contribution in [1.29, 1.82) is 0 Å². The Labute approximate surface area is 62.7 Å². The van der Waals surface area contributed by atoms with E-state index in [-0.39, 0.29) is 0 Å². The normalized spacial score (nSPS) is 9.27. The van der Waals surface area contributed by atoms with Crippen LogP contribution in [-0.4, -0.2) is 29.9 Å². The second kappa shape index (κ2) is 4.34. The summed E-state index contributed by atoms with van der Waals surface area (Å²) in [6, 6.07) is -1.70. The molecule has 0 aliphatic carbocycles. The predicted octanol–water partition coefficient (Wildman–Crippen LogP) is -2.36. The van der Waals surface area contributed by atoms with Crippen LogP contribution in [0.3, 0.4) is 0 Å². The maximum absolute atomic E-state index is 10.2.